The van der Waals surface area contributed by atoms with Crippen molar-refractivity contribution in [2.75, 3.05) is 19.7 Å². The smallest absolute Gasteiger partial charge is 0.245 e. The van der Waals surface area contributed by atoms with E-state index in [2.05, 4.69) is 0 Å². The van der Waals surface area contributed by atoms with Crippen LogP contribution in [0.5, 0.6) is 0 Å². The molecular weight excluding hydrogens is 304 g/mol. The van der Waals surface area contributed by atoms with Crippen LogP contribution in [-0.2, 0) is 20.9 Å². The molecule has 0 aliphatic carbocycles. The lowest BCUT2D eigenvalue weighted by atomic mass is 10.1. The highest BCUT2D eigenvalue weighted by Crippen LogP contribution is 2.26. The summed E-state index contributed by atoms with van der Waals surface area (Å²) in [6, 6.07) is 9.92. The number of nitrogens with zero attached hydrogens (tertiary/aromatic N) is 2. The molecule has 1 aromatic rings. The fourth-order valence-electron chi connectivity index (χ4n) is 3.63. The van der Waals surface area contributed by atoms with Crippen LogP contribution in [0.25, 0.3) is 0 Å². The molecule has 3 rings (SSSR count). The van der Waals surface area contributed by atoms with E-state index in [9.17, 15) is 9.59 Å². The lowest BCUT2D eigenvalue weighted by Crippen LogP contribution is -2.60. The Morgan fingerprint density at radius 1 is 1.29 bits per heavy atom. The molecule has 2 fully saturated rings. The van der Waals surface area contributed by atoms with Gasteiger partial charge in [0.05, 0.1) is 6.61 Å². The van der Waals surface area contributed by atoms with Gasteiger partial charge in [0, 0.05) is 32.2 Å². The number of carbonyl (C=O) groups excluding carboxylic acids is 2. The van der Waals surface area contributed by atoms with Gasteiger partial charge in [-0.25, -0.2) is 0 Å². The van der Waals surface area contributed by atoms with Crippen molar-refractivity contribution in [2.45, 2.75) is 51.3 Å². The summed E-state index contributed by atoms with van der Waals surface area (Å²) in [5.41, 5.74) is 1.14. The number of fused-ring (bicyclic) bond motifs is 1. The van der Waals surface area contributed by atoms with Crippen molar-refractivity contribution >= 4 is 11.8 Å². The van der Waals surface area contributed by atoms with Gasteiger partial charge in [-0.1, -0.05) is 30.3 Å². The van der Waals surface area contributed by atoms with Crippen molar-refractivity contribution in [3.63, 3.8) is 0 Å². The standard InChI is InChI=1S/C19H26N2O3/c1-15-19(23)20-11-5-9-17(20)13-21(15)18(22)10-6-12-24-14-16-7-3-2-4-8-16/h2-4,7-8,15,17H,5-6,9-14H2,1H3/t15-,17+/m1/s1. The van der Waals surface area contributed by atoms with Crippen LogP contribution in [0, 0.1) is 0 Å². The summed E-state index contributed by atoms with van der Waals surface area (Å²) in [6.45, 7) is 4.53. The van der Waals surface area contributed by atoms with E-state index in [4.69, 9.17) is 4.74 Å². The Morgan fingerprint density at radius 2 is 2.08 bits per heavy atom. The molecule has 0 saturated carbocycles. The van der Waals surface area contributed by atoms with Crippen LogP contribution in [0.2, 0.25) is 0 Å². The first-order valence-electron chi connectivity index (χ1n) is 8.88. The van der Waals surface area contributed by atoms with Crippen molar-refractivity contribution < 1.29 is 14.3 Å². The van der Waals surface area contributed by atoms with Crippen molar-refractivity contribution in [1.82, 2.24) is 9.80 Å². The quantitative estimate of drug-likeness (QED) is 0.752. The Bertz CT molecular complexity index is 575. The Hall–Kier alpha value is -1.88. The van der Waals surface area contributed by atoms with Gasteiger partial charge < -0.3 is 14.5 Å². The zero-order valence-corrected chi connectivity index (χ0v) is 14.3. The maximum absolute atomic E-state index is 12.5. The second-order valence-electron chi connectivity index (χ2n) is 6.69. The monoisotopic (exact) mass is 330 g/mol. The minimum absolute atomic E-state index is 0.0747. The van der Waals surface area contributed by atoms with Crippen molar-refractivity contribution in [1.29, 1.82) is 0 Å². The molecule has 0 unspecified atom stereocenters. The molecule has 2 atom stereocenters. The number of rotatable bonds is 6. The number of ether oxygens (including phenoxy) is 1. The van der Waals surface area contributed by atoms with E-state index in [1.807, 2.05) is 42.2 Å². The van der Waals surface area contributed by atoms with Crippen LogP contribution in [0.15, 0.2) is 30.3 Å². The van der Waals surface area contributed by atoms with E-state index >= 15 is 0 Å². The summed E-state index contributed by atoms with van der Waals surface area (Å²) >= 11 is 0. The van der Waals surface area contributed by atoms with Gasteiger partial charge in [-0.05, 0) is 31.7 Å². The summed E-state index contributed by atoms with van der Waals surface area (Å²) in [5.74, 6) is 0.183. The zero-order chi connectivity index (χ0) is 16.9. The van der Waals surface area contributed by atoms with E-state index in [1.165, 1.54) is 0 Å². The number of hydrogen-bond donors (Lipinski definition) is 0. The fraction of sp³-hybridized carbons (Fsp3) is 0.579. The van der Waals surface area contributed by atoms with Gasteiger partial charge in [-0.2, -0.15) is 0 Å². The van der Waals surface area contributed by atoms with Crippen molar-refractivity contribution in [3.05, 3.63) is 35.9 Å². The molecule has 0 radical (unpaired) electrons. The molecule has 2 aliphatic rings. The van der Waals surface area contributed by atoms with Gasteiger partial charge in [-0.15, -0.1) is 0 Å². The van der Waals surface area contributed by atoms with Gasteiger partial charge in [0.2, 0.25) is 11.8 Å². The van der Waals surface area contributed by atoms with E-state index in [-0.39, 0.29) is 23.9 Å². The van der Waals surface area contributed by atoms with E-state index in [0.29, 0.717) is 32.6 Å². The largest absolute Gasteiger partial charge is 0.377 e. The third-order valence-electron chi connectivity index (χ3n) is 5.00. The van der Waals surface area contributed by atoms with Crippen molar-refractivity contribution in [2.24, 2.45) is 0 Å². The average molecular weight is 330 g/mol. The molecule has 0 spiro atoms. The van der Waals surface area contributed by atoms with E-state index in [0.717, 1.165) is 24.9 Å². The molecule has 2 amide bonds. The molecule has 130 valence electrons. The third-order valence-corrected chi connectivity index (χ3v) is 5.00. The van der Waals surface area contributed by atoms with Crippen LogP contribution >= 0.6 is 0 Å². The lowest BCUT2D eigenvalue weighted by molar-refractivity contribution is -0.152. The highest BCUT2D eigenvalue weighted by Gasteiger charge is 2.41. The number of hydrogen-bond acceptors (Lipinski definition) is 3. The number of amides is 2. The van der Waals surface area contributed by atoms with Gasteiger partial charge in [-0.3, -0.25) is 9.59 Å². The fourth-order valence-corrected chi connectivity index (χ4v) is 3.63. The first-order chi connectivity index (χ1) is 11.7. The topological polar surface area (TPSA) is 49.9 Å². The van der Waals surface area contributed by atoms with Crippen LogP contribution in [0.4, 0.5) is 0 Å². The molecule has 2 heterocycles. The van der Waals surface area contributed by atoms with Gasteiger partial charge >= 0.3 is 0 Å². The van der Waals surface area contributed by atoms with Gasteiger partial charge in [0.25, 0.3) is 0 Å². The molecular formula is C19H26N2O3. The molecule has 1 aromatic carbocycles. The molecule has 0 bridgehead atoms. The van der Waals surface area contributed by atoms with Gasteiger partial charge in [0.1, 0.15) is 6.04 Å². The molecule has 2 saturated heterocycles. The van der Waals surface area contributed by atoms with Crippen LogP contribution in [0.1, 0.15) is 38.2 Å². The molecule has 5 nitrogen and oxygen atoms in total. The molecule has 5 heteroatoms. The summed E-state index contributed by atoms with van der Waals surface area (Å²) < 4.78 is 5.63. The predicted octanol–water partition coefficient (Wildman–Crippen LogP) is 2.21. The number of benzene rings is 1. The number of piperazine rings is 1. The molecule has 2 aliphatic heterocycles. The Kier molecular flexibility index (Phi) is 5.51. The highest BCUT2D eigenvalue weighted by molar-refractivity contribution is 5.89. The minimum atomic E-state index is -0.322. The maximum atomic E-state index is 12.5. The van der Waals surface area contributed by atoms with Crippen LogP contribution < -0.4 is 0 Å². The predicted molar refractivity (Wildman–Crippen MR) is 91.2 cm³/mol. The first kappa shape index (κ1) is 17.0. The van der Waals surface area contributed by atoms with E-state index < -0.39 is 0 Å². The second-order valence-corrected chi connectivity index (χ2v) is 6.69. The molecule has 0 N–H and O–H groups in total. The summed E-state index contributed by atoms with van der Waals surface area (Å²) in [6.07, 6.45) is 3.21. The van der Waals surface area contributed by atoms with Gasteiger partial charge in [0.15, 0.2) is 0 Å². The molecule has 0 aromatic heterocycles. The Labute approximate surface area is 143 Å². The molecule has 24 heavy (non-hydrogen) atoms. The summed E-state index contributed by atoms with van der Waals surface area (Å²) in [5, 5.41) is 0. The van der Waals surface area contributed by atoms with Crippen molar-refractivity contribution in [3.8, 4) is 0 Å². The third kappa shape index (κ3) is 3.78. The Morgan fingerprint density at radius 3 is 2.88 bits per heavy atom. The van der Waals surface area contributed by atoms with Crippen LogP contribution in [-0.4, -0.2) is 53.4 Å². The normalized spacial score (nSPS) is 23.5. The second kappa shape index (κ2) is 7.79. The SMILES string of the molecule is C[C@@H]1C(=O)N2CCC[C@H]2CN1C(=O)CCCOCc1ccccc1. The lowest BCUT2D eigenvalue weighted by Gasteiger charge is -2.41. The summed E-state index contributed by atoms with van der Waals surface area (Å²) in [7, 11) is 0. The van der Waals surface area contributed by atoms with E-state index in [1.54, 1.807) is 4.90 Å². The highest BCUT2D eigenvalue weighted by atomic mass is 16.5. The number of carbonyl (C=O) groups is 2. The minimum Gasteiger partial charge on any atom is -0.377 e. The first-order valence-corrected chi connectivity index (χ1v) is 8.88. The Balaban J connectivity index is 1.41. The zero-order valence-electron chi connectivity index (χ0n) is 14.3. The van der Waals surface area contributed by atoms with Crippen LogP contribution in [0.3, 0.4) is 0 Å². The average Bonchev–Trinajstić information content (AvgIpc) is 3.07. The summed E-state index contributed by atoms with van der Waals surface area (Å²) in [4.78, 5) is 28.6. The maximum Gasteiger partial charge on any atom is 0.245 e.